The van der Waals surface area contributed by atoms with E-state index in [4.69, 9.17) is 4.74 Å². The zero-order chi connectivity index (χ0) is 20.3. The molecule has 0 aliphatic heterocycles. The van der Waals surface area contributed by atoms with Gasteiger partial charge in [-0.3, -0.25) is 9.59 Å². The number of amides is 1. The van der Waals surface area contributed by atoms with E-state index in [1.54, 1.807) is 45.3 Å². The Bertz CT molecular complexity index is 1040. The Hall–Kier alpha value is -3.12. The summed E-state index contributed by atoms with van der Waals surface area (Å²) in [5.41, 5.74) is 2.86. The Labute approximate surface area is 163 Å². The minimum atomic E-state index is -0.774. The van der Waals surface area contributed by atoms with Gasteiger partial charge in [0.1, 0.15) is 5.75 Å². The number of methoxy groups -OCH3 is 1. The number of carbonyl (C=O) groups is 1. The van der Waals surface area contributed by atoms with Crippen molar-refractivity contribution in [2.45, 2.75) is 19.4 Å². The van der Waals surface area contributed by atoms with Crippen LogP contribution in [-0.2, 0) is 11.2 Å². The number of benzene rings is 2. The van der Waals surface area contributed by atoms with Crippen LogP contribution in [0.15, 0.2) is 53.3 Å². The number of pyridine rings is 1. The highest BCUT2D eigenvalue weighted by atomic mass is 16.5. The van der Waals surface area contributed by atoms with Gasteiger partial charge in [0.2, 0.25) is 5.91 Å². The van der Waals surface area contributed by atoms with Crippen LogP contribution in [0.5, 0.6) is 5.75 Å². The zero-order valence-electron chi connectivity index (χ0n) is 16.2. The van der Waals surface area contributed by atoms with Crippen LogP contribution in [0.3, 0.4) is 0 Å². The largest absolute Gasteiger partial charge is 0.497 e. The predicted molar refractivity (Wildman–Crippen MR) is 109 cm³/mol. The van der Waals surface area contributed by atoms with Crippen molar-refractivity contribution in [1.29, 1.82) is 0 Å². The molecule has 0 aliphatic rings. The molecule has 0 aliphatic carbocycles. The molecule has 0 spiro atoms. The number of nitrogens with one attached hydrogen (secondary N) is 1. The Morgan fingerprint density at radius 2 is 1.89 bits per heavy atom. The van der Waals surface area contributed by atoms with Crippen molar-refractivity contribution >= 4 is 16.8 Å². The third kappa shape index (κ3) is 4.40. The molecule has 6 nitrogen and oxygen atoms in total. The number of aliphatic hydroxyl groups is 1. The van der Waals surface area contributed by atoms with Gasteiger partial charge in [-0.05, 0) is 53.8 Å². The quantitative estimate of drug-likeness (QED) is 0.689. The molecule has 0 fully saturated rings. The molecule has 1 amide bonds. The lowest BCUT2D eigenvalue weighted by molar-refractivity contribution is -0.130. The molecule has 1 atom stereocenters. The summed E-state index contributed by atoms with van der Waals surface area (Å²) in [5.74, 6) is 0.626. The van der Waals surface area contributed by atoms with E-state index in [-0.39, 0.29) is 24.4 Å². The van der Waals surface area contributed by atoms with Gasteiger partial charge >= 0.3 is 0 Å². The molecule has 2 aromatic carbocycles. The van der Waals surface area contributed by atoms with Crippen LogP contribution in [0.1, 0.15) is 22.8 Å². The zero-order valence-corrected chi connectivity index (χ0v) is 16.2. The molecule has 2 N–H and O–H groups in total. The molecule has 3 aromatic rings. The van der Waals surface area contributed by atoms with Gasteiger partial charge in [-0.2, -0.15) is 0 Å². The Morgan fingerprint density at radius 3 is 2.57 bits per heavy atom. The fraction of sp³-hybridized carbons (Fsp3) is 0.273. The molecule has 146 valence electrons. The molecule has 0 bridgehead atoms. The number of aryl methyl sites for hydroxylation is 1. The Kier molecular flexibility index (Phi) is 5.80. The van der Waals surface area contributed by atoms with Gasteiger partial charge < -0.3 is 19.7 Å². The number of likely N-dealkylation sites (N-methyl/N-ethyl adjacent to an activating group) is 1. The second-order valence-corrected chi connectivity index (χ2v) is 6.94. The summed E-state index contributed by atoms with van der Waals surface area (Å²) in [6.07, 6.45) is -0.552. The number of hydrogen-bond donors (Lipinski definition) is 2. The normalized spacial score (nSPS) is 12.0. The van der Waals surface area contributed by atoms with Crippen LogP contribution in [0, 0.1) is 6.92 Å². The molecule has 0 saturated carbocycles. The maximum absolute atomic E-state index is 12.6. The lowest BCUT2D eigenvalue weighted by Crippen LogP contribution is -2.32. The number of fused-ring (bicyclic) bond motifs is 1. The van der Waals surface area contributed by atoms with E-state index in [0.717, 1.165) is 22.0 Å². The number of nitrogens with zero attached hydrogens (tertiary/aromatic N) is 1. The summed E-state index contributed by atoms with van der Waals surface area (Å²) in [4.78, 5) is 28.6. The van der Waals surface area contributed by atoms with Crippen LogP contribution in [0.2, 0.25) is 0 Å². The number of carbonyl (C=O) groups excluding carboxylic acids is 1. The summed E-state index contributed by atoms with van der Waals surface area (Å²) in [7, 11) is 3.27. The van der Waals surface area contributed by atoms with Crippen LogP contribution in [0.25, 0.3) is 10.9 Å². The van der Waals surface area contributed by atoms with E-state index in [1.165, 1.54) is 4.90 Å². The topological polar surface area (TPSA) is 82.6 Å². The summed E-state index contributed by atoms with van der Waals surface area (Å²) >= 11 is 0. The van der Waals surface area contributed by atoms with E-state index in [1.807, 2.05) is 24.3 Å². The lowest BCUT2D eigenvalue weighted by Gasteiger charge is -2.21. The maximum Gasteiger partial charge on any atom is 0.251 e. The highest BCUT2D eigenvalue weighted by molar-refractivity contribution is 5.83. The minimum absolute atomic E-state index is 0.0898. The average molecular weight is 380 g/mol. The summed E-state index contributed by atoms with van der Waals surface area (Å²) in [5, 5.41) is 11.3. The first kappa shape index (κ1) is 19.6. The molecule has 3 rings (SSSR count). The van der Waals surface area contributed by atoms with Crippen molar-refractivity contribution < 1.29 is 14.6 Å². The predicted octanol–water partition coefficient (Wildman–Crippen LogP) is 2.58. The molecule has 28 heavy (non-hydrogen) atoms. The van der Waals surface area contributed by atoms with Crippen LogP contribution in [-0.4, -0.2) is 41.6 Å². The molecule has 6 heteroatoms. The van der Waals surface area contributed by atoms with Crippen LogP contribution in [0.4, 0.5) is 0 Å². The van der Waals surface area contributed by atoms with Gasteiger partial charge in [0.05, 0.1) is 26.2 Å². The number of ether oxygens (including phenoxy) is 1. The third-order valence-corrected chi connectivity index (χ3v) is 4.82. The van der Waals surface area contributed by atoms with Gasteiger partial charge in [-0.15, -0.1) is 0 Å². The number of aliphatic hydroxyl groups excluding tert-OH is 1. The summed E-state index contributed by atoms with van der Waals surface area (Å²) in [6.45, 7) is 1.95. The number of hydrogen-bond acceptors (Lipinski definition) is 4. The van der Waals surface area contributed by atoms with Gasteiger partial charge in [-0.25, -0.2) is 0 Å². The van der Waals surface area contributed by atoms with Crippen LogP contribution < -0.4 is 10.3 Å². The second kappa shape index (κ2) is 8.27. The molecule has 1 aromatic heterocycles. The summed E-state index contributed by atoms with van der Waals surface area (Å²) in [6, 6.07) is 14.5. The number of H-pyrrole nitrogens is 1. The lowest BCUT2D eigenvalue weighted by atomic mass is 10.1. The number of rotatable bonds is 6. The second-order valence-electron chi connectivity index (χ2n) is 6.94. The molecule has 0 saturated heterocycles. The van der Waals surface area contributed by atoms with Gasteiger partial charge in [0.25, 0.3) is 5.56 Å². The fourth-order valence-corrected chi connectivity index (χ4v) is 3.08. The van der Waals surface area contributed by atoms with E-state index in [2.05, 4.69) is 4.98 Å². The Morgan fingerprint density at radius 1 is 1.18 bits per heavy atom. The van der Waals surface area contributed by atoms with Crippen molar-refractivity contribution in [1.82, 2.24) is 9.88 Å². The highest BCUT2D eigenvalue weighted by Crippen LogP contribution is 2.19. The van der Waals surface area contributed by atoms with Gasteiger partial charge in [0, 0.05) is 18.1 Å². The van der Waals surface area contributed by atoms with Crippen molar-refractivity contribution in [2.24, 2.45) is 0 Å². The minimum Gasteiger partial charge on any atom is -0.497 e. The van der Waals surface area contributed by atoms with E-state index < -0.39 is 6.10 Å². The SMILES string of the molecule is COc1ccc(C(O)CN(C)C(=O)Cc2ccc3[nH]c(=O)c(C)cc3c2)cc1. The van der Waals surface area contributed by atoms with Crippen molar-refractivity contribution in [3.05, 3.63) is 75.6 Å². The first-order valence-corrected chi connectivity index (χ1v) is 9.06. The van der Waals surface area contributed by atoms with E-state index in [9.17, 15) is 14.7 Å². The average Bonchev–Trinajstić information content (AvgIpc) is 2.69. The van der Waals surface area contributed by atoms with Gasteiger partial charge in [0.15, 0.2) is 0 Å². The van der Waals surface area contributed by atoms with Crippen LogP contribution >= 0.6 is 0 Å². The molecule has 1 heterocycles. The molecule has 0 radical (unpaired) electrons. The summed E-state index contributed by atoms with van der Waals surface area (Å²) < 4.78 is 5.11. The van der Waals surface area contributed by atoms with Crippen molar-refractivity contribution in [3.8, 4) is 5.75 Å². The first-order chi connectivity index (χ1) is 13.4. The maximum atomic E-state index is 12.6. The fourth-order valence-electron chi connectivity index (χ4n) is 3.08. The monoisotopic (exact) mass is 380 g/mol. The first-order valence-electron chi connectivity index (χ1n) is 9.06. The Balaban J connectivity index is 1.66. The smallest absolute Gasteiger partial charge is 0.251 e. The third-order valence-electron chi connectivity index (χ3n) is 4.82. The van der Waals surface area contributed by atoms with Crippen molar-refractivity contribution in [3.63, 3.8) is 0 Å². The van der Waals surface area contributed by atoms with E-state index in [0.29, 0.717) is 11.3 Å². The molecular formula is C22H24N2O4. The van der Waals surface area contributed by atoms with E-state index >= 15 is 0 Å². The standard InChI is InChI=1S/C22H24N2O4/c1-14-10-17-11-15(4-9-19(17)23-22(14)27)12-21(26)24(2)13-20(25)16-5-7-18(28-3)8-6-16/h4-11,20,25H,12-13H2,1-3H3,(H,23,27). The highest BCUT2D eigenvalue weighted by Gasteiger charge is 2.16. The van der Waals surface area contributed by atoms with Crippen molar-refractivity contribution in [2.75, 3.05) is 20.7 Å². The van der Waals surface area contributed by atoms with Gasteiger partial charge in [-0.1, -0.05) is 18.2 Å². The molecular weight excluding hydrogens is 356 g/mol. The number of aromatic amines is 1. The number of aromatic nitrogens is 1. The molecule has 1 unspecified atom stereocenters.